The summed E-state index contributed by atoms with van der Waals surface area (Å²) >= 11 is 1.18. The van der Waals surface area contributed by atoms with Gasteiger partial charge in [0.25, 0.3) is 5.91 Å². The molecule has 3 aromatic rings. The Balaban J connectivity index is 1.62. The number of hydrogen-bond donors (Lipinski definition) is 5. The van der Waals surface area contributed by atoms with Crippen LogP contribution < -0.4 is 16.0 Å². The Hall–Kier alpha value is -4.90. The van der Waals surface area contributed by atoms with Crippen LogP contribution in [0.3, 0.4) is 0 Å². The summed E-state index contributed by atoms with van der Waals surface area (Å²) in [6, 6.07) is 5.66. The smallest absolute Gasteiger partial charge is 0.309 e. The van der Waals surface area contributed by atoms with Gasteiger partial charge < -0.3 is 30.7 Å². The van der Waals surface area contributed by atoms with E-state index in [1.165, 1.54) is 18.3 Å². The monoisotopic (exact) mass is 880 g/mol. The molecule has 3 amide bonds. The number of H-pyrrole nitrogens is 1. The van der Waals surface area contributed by atoms with Crippen LogP contribution in [0.5, 0.6) is 0 Å². The number of aryl methyl sites for hydroxylation is 1. The highest BCUT2D eigenvalue weighted by molar-refractivity contribution is 7.09. The second-order valence-corrected chi connectivity index (χ2v) is 18.6. The first-order valence-electron chi connectivity index (χ1n) is 22.0. The lowest BCUT2D eigenvalue weighted by atomic mass is 9.84. The molecule has 0 saturated carbocycles. The number of nitrogens with zero attached hydrogens (tertiary/aromatic N) is 5. The molecule has 1 saturated heterocycles. The lowest BCUT2D eigenvalue weighted by molar-refractivity contribution is -0.150. The number of ether oxygens (including phenoxy) is 1. The average Bonchev–Trinajstić information content (AvgIpc) is 3.95. The summed E-state index contributed by atoms with van der Waals surface area (Å²) < 4.78 is 5.95. The van der Waals surface area contributed by atoms with Crippen LogP contribution in [0.25, 0.3) is 0 Å². The van der Waals surface area contributed by atoms with Crippen LogP contribution >= 0.6 is 11.3 Å². The Morgan fingerprint density at radius 3 is 2.40 bits per heavy atom. The fourth-order valence-electron chi connectivity index (χ4n) is 8.04. The Bertz CT molecular complexity index is 1900. The number of likely N-dealkylation sites (N-methyl/N-ethyl adjacent to an activating group) is 1. The summed E-state index contributed by atoms with van der Waals surface area (Å²) in [4.78, 5) is 76.2. The van der Waals surface area contributed by atoms with Crippen molar-refractivity contribution in [2.24, 2.45) is 17.3 Å². The van der Waals surface area contributed by atoms with E-state index in [1.807, 2.05) is 71.0 Å². The molecule has 342 valence electrons. The third-order valence-electron chi connectivity index (χ3n) is 12.0. The molecule has 1 aromatic carbocycles. The number of rotatable bonds is 24. The third-order valence-corrected chi connectivity index (χ3v) is 13.0. The quantitative estimate of drug-likeness (QED) is 0.0516. The SMILES string of the molecule is CC[C@H](C)[C@H](NC(=O)[C@H]1CCCCN1C)C(=O)N(CCCCc1cn[nH]n1)[C@H](C[C@@H](OC(C)=O)c1nc(C(=O)N[C@@H](Cc2ccc(NC)cc2)CC(C)(C)C(=O)O)cs1)C(C)C. The van der Waals surface area contributed by atoms with Gasteiger partial charge in [-0.3, -0.25) is 28.9 Å². The molecule has 16 nitrogen and oxygen atoms in total. The van der Waals surface area contributed by atoms with Crippen LogP contribution in [0.1, 0.15) is 133 Å². The van der Waals surface area contributed by atoms with Crippen molar-refractivity contribution in [3.8, 4) is 0 Å². The largest absolute Gasteiger partial charge is 0.481 e. The molecule has 0 spiro atoms. The number of esters is 1. The third kappa shape index (κ3) is 14.3. The van der Waals surface area contributed by atoms with Crippen LogP contribution in [-0.2, 0) is 36.8 Å². The summed E-state index contributed by atoms with van der Waals surface area (Å²) in [5.41, 5.74) is 1.67. The van der Waals surface area contributed by atoms with Crippen molar-refractivity contribution in [1.29, 1.82) is 0 Å². The molecule has 1 fully saturated rings. The summed E-state index contributed by atoms with van der Waals surface area (Å²) in [5, 5.41) is 32.0. The van der Waals surface area contributed by atoms with Crippen LogP contribution in [0.15, 0.2) is 35.8 Å². The Morgan fingerprint density at radius 1 is 1.08 bits per heavy atom. The van der Waals surface area contributed by atoms with E-state index in [9.17, 15) is 24.3 Å². The Labute approximate surface area is 370 Å². The van der Waals surface area contributed by atoms with Gasteiger partial charge in [-0.25, -0.2) is 4.98 Å². The number of amides is 3. The van der Waals surface area contributed by atoms with Crippen molar-refractivity contribution < 1.29 is 33.8 Å². The summed E-state index contributed by atoms with van der Waals surface area (Å²) in [6.07, 6.45) is 6.98. The fourth-order valence-corrected chi connectivity index (χ4v) is 8.88. The van der Waals surface area contributed by atoms with Gasteiger partial charge in [-0.2, -0.15) is 15.4 Å². The van der Waals surface area contributed by atoms with Crippen molar-refractivity contribution >= 4 is 46.7 Å². The minimum Gasteiger partial charge on any atom is -0.481 e. The van der Waals surface area contributed by atoms with E-state index < -0.39 is 47.5 Å². The first-order chi connectivity index (χ1) is 29.4. The number of piperidine rings is 1. The van der Waals surface area contributed by atoms with Gasteiger partial charge in [-0.15, -0.1) is 11.3 Å². The van der Waals surface area contributed by atoms with E-state index in [2.05, 4.69) is 36.3 Å². The maximum atomic E-state index is 15.0. The lowest BCUT2D eigenvalue weighted by Gasteiger charge is -2.40. The number of nitrogens with one attached hydrogen (secondary N) is 4. The molecule has 0 radical (unpaired) electrons. The molecular weight excluding hydrogens is 811 g/mol. The van der Waals surface area contributed by atoms with Gasteiger partial charge in [0.15, 0.2) is 6.10 Å². The zero-order valence-corrected chi connectivity index (χ0v) is 38.8. The van der Waals surface area contributed by atoms with E-state index >= 15 is 4.79 Å². The molecule has 0 bridgehead atoms. The molecule has 17 heteroatoms. The first-order valence-corrected chi connectivity index (χ1v) is 22.9. The van der Waals surface area contributed by atoms with Gasteiger partial charge in [-0.1, -0.05) is 52.7 Å². The second kappa shape index (κ2) is 23.5. The number of hydrogen-bond acceptors (Lipinski definition) is 12. The number of aromatic nitrogens is 4. The van der Waals surface area contributed by atoms with Crippen molar-refractivity contribution in [3.05, 3.63) is 57.8 Å². The summed E-state index contributed by atoms with van der Waals surface area (Å²) in [7, 11) is 3.78. The van der Waals surface area contributed by atoms with Crippen LogP contribution in [0.2, 0.25) is 0 Å². The number of carboxylic acids is 1. The minimum atomic E-state index is -1.12. The zero-order valence-electron chi connectivity index (χ0n) is 38.0. The minimum absolute atomic E-state index is 0.103. The maximum absolute atomic E-state index is 15.0. The number of anilines is 1. The number of aliphatic carboxylic acids is 1. The molecule has 1 aliphatic rings. The number of benzene rings is 1. The van der Waals surface area contributed by atoms with E-state index in [0.29, 0.717) is 37.2 Å². The number of likely N-dealkylation sites (tertiary alicyclic amines) is 1. The van der Waals surface area contributed by atoms with Gasteiger partial charge in [0, 0.05) is 50.1 Å². The van der Waals surface area contributed by atoms with Gasteiger partial charge in [0.1, 0.15) is 16.7 Å². The van der Waals surface area contributed by atoms with Crippen LogP contribution in [0.4, 0.5) is 5.69 Å². The Morgan fingerprint density at radius 2 is 1.81 bits per heavy atom. The molecule has 5 N–H and O–H groups in total. The van der Waals surface area contributed by atoms with Gasteiger partial charge in [0.2, 0.25) is 11.8 Å². The number of carboxylic acid groups (broad SMARTS) is 1. The zero-order chi connectivity index (χ0) is 45.6. The highest BCUT2D eigenvalue weighted by atomic mass is 32.1. The van der Waals surface area contributed by atoms with Gasteiger partial charge >= 0.3 is 11.9 Å². The van der Waals surface area contributed by atoms with Gasteiger partial charge in [0.05, 0.1) is 23.3 Å². The van der Waals surface area contributed by atoms with Crippen molar-refractivity contribution in [1.82, 2.24) is 40.8 Å². The summed E-state index contributed by atoms with van der Waals surface area (Å²) in [5.74, 6) is -2.59. The van der Waals surface area contributed by atoms with Crippen molar-refractivity contribution in [2.75, 3.05) is 32.5 Å². The van der Waals surface area contributed by atoms with Crippen LogP contribution in [-0.4, -0.2) is 116 Å². The van der Waals surface area contributed by atoms with E-state index in [0.717, 1.165) is 49.2 Å². The van der Waals surface area contributed by atoms with Crippen LogP contribution in [0, 0.1) is 17.3 Å². The first kappa shape index (κ1) is 49.8. The lowest BCUT2D eigenvalue weighted by Crippen LogP contribution is -2.59. The number of unbranched alkanes of at least 4 members (excludes halogenated alkanes) is 1. The molecule has 0 aliphatic carbocycles. The van der Waals surface area contributed by atoms with E-state index in [-0.39, 0.29) is 48.2 Å². The number of carbonyl (C=O) groups is 5. The standard InChI is InChI=1S/C45H69N9O7S/c1-10-29(4)39(50-41(57)36-16-12-13-21-53(36)9)43(58)54(22-14-11-15-33-26-47-52-51-33)37(28(2)3)24-38(61-30(5)55)42-49-35(27-62-42)40(56)48-34(25-45(6,7)44(59)60)23-31-17-19-32(46-8)20-18-31/h17-20,26-29,34,36-39,46H,10-16,21-25H2,1-9H3,(H,48,56)(H,50,57)(H,59,60)(H,47,51,52)/t29-,34-,36+,37+,38+,39-/m0/s1. The number of thiazole rings is 1. The summed E-state index contributed by atoms with van der Waals surface area (Å²) in [6.45, 7) is 13.8. The highest BCUT2D eigenvalue weighted by Gasteiger charge is 2.39. The van der Waals surface area contributed by atoms with E-state index in [4.69, 9.17) is 9.72 Å². The molecule has 2 aromatic heterocycles. The van der Waals surface area contributed by atoms with Crippen molar-refractivity contribution in [2.45, 2.75) is 143 Å². The van der Waals surface area contributed by atoms with Crippen molar-refractivity contribution in [3.63, 3.8) is 0 Å². The molecule has 4 rings (SSSR count). The maximum Gasteiger partial charge on any atom is 0.309 e. The molecular formula is C45H69N9O7S. The van der Waals surface area contributed by atoms with E-state index in [1.54, 1.807) is 25.4 Å². The topological polar surface area (TPSA) is 212 Å². The molecule has 0 unspecified atom stereocenters. The number of carbonyl (C=O) groups excluding carboxylic acids is 4. The predicted octanol–water partition coefficient (Wildman–Crippen LogP) is 6.03. The number of aromatic amines is 1. The Kier molecular flexibility index (Phi) is 18.9. The fraction of sp³-hybridized carbons (Fsp3) is 0.644. The molecule has 1 aliphatic heterocycles. The second-order valence-electron chi connectivity index (χ2n) is 17.7. The van der Waals surface area contributed by atoms with Gasteiger partial charge in [-0.05, 0) is 102 Å². The molecule has 62 heavy (non-hydrogen) atoms. The predicted molar refractivity (Wildman–Crippen MR) is 240 cm³/mol. The molecule has 6 atom stereocenters. The molecule has 3 heterocycles. The normalized spacial score (nSPS) is 17.0. The highest BCUT2D eigenvalue weighted by Crippen LogP contribution is 2.32. The average molecular weight is 880 g/mol.